The number of ether oxygens (including phenoxy) is 2. The second kappa shape index (κ2) is 4.71. The molecule has 92 valence electrons. The molecule has 3 rings (SSSR count). The molecule has 0 N–H and O–H groups in total. The van der Waals surface area contributed by atoms with E-state index in [1.54, 1.807) is 0 Å². The first kappa shape index (κ1) is 11.7. The Bertz CT molecular complexity index is 207. The Hall–Kier alpha value is 0.620. The van der Waals surface area contributed by atoms with Gasteiger partial charge >= 0.3 is 0 Å². The molecule has 2 heterocycles. The lowest BCUT2D eigenvalue weighted by Gasteiger charge is -2.47. The topological polar surface area (TPSA) is 18.5 Å². The van der Waals surface area contributed by atoms with Crippen LogP contribution < -0.4 is 0 Å². The first-order valence-electron chi connectivity index (χ1n) is 6.39. The van der Waals surface area contributed by atoms with Crippen molar-refractivity contribution in [1.29, 1.82) is 0 Å². The summed E-state index contributed by atoms with van der Waals surface area (Å²) in [6, 6.07) is 0. The van der Waals surface area contributed by atoms with Crippen LogP contribution in [0.5, 0.6) is 0 Å². The fourth-order valence-electron chi connectivity index (χ4n) is 2.82. The van der Waals surface area contributed by atoms with Crippen LogP contribution in [0.3, 0.4) is 0 Å². The SMILES string of the molecule is C1COC2(CCC3(CC2)SCCCS3)OC1. The Morgan fingerprint density at radius 1 is 0.750 bits per heavy atom. The van der Waals surface area contributed by atoms with E-state index in [9.17, 15) is 0 Å². The first-order valence-corrected chi connectivity index (χ1v) is 8.36. The maximum absolute atomic E-state index is 5.90. The first-order chi connectivity index (χ1) is 7.83. The Morgan fingerprint density at radius 2 is 1.38 bits per heavy atom. The van der Waals surface area contributed by atoms with Gasteiger partial charge in [0.25, 0.3) is 0 Å². The van der Waals surface area contributed by atoms with Crippen LogP contribution in [0.15, 0.2) is 0 Å². The van der Waals surface area contributed by atoms with E-state index >= 15 is 0 Å². The van der Waals surface area contributed by atoms with Crippen molar-refractivity contribution in [2.75, 3.05) is 24.7 Å². The summed E-state index contributed by atoms with van der Waals surface area (Å²) >= 11 is 4.37. The third-order valence-electron chi connectivity index (χ3n) is 3.81. The van der Waals surface area contributed by atoms with E-state index in [4.69, 9.17) is 9.47 Å². The van der Waals surface area contributed by atoms with Gasteiger partial charge < -0.3 is 9.47 Å². The molecule has 2 nitrogen and oxygen atoms in total. The fourth-order valence-corrected chi connectivity index (χ4v) is 6.15. The molecule has 1 saturated carbocycles. The zero-order valence-corrected chi connectivity index (χ0v) is 11.3. The van der Waals surface area contributed by atoms with E-state index in [0.29, 0.717) is 4.08 Å². The summed E-state index contributed by atoms with van der Waals surface area (Å²) in [4.78, 5) is 0. The lowest BCUT2D eigenvalue weighted by Crippen LogP contribution is -2.47. The van der Waals surface area contributed by atoms with Gasteiger partial charge in [0, 0.05) is 12.8 Å². The van der Waals surface area contributed by atoms with E-state index in [2.05, 4.69) is 23.5 Å². The van der Waals surface area contributed by atoms with E-state index in [1.807, 2.05) is 0 Å². The quantitative estimate of drug-likeness (QED) is 0.665. The van der Waals surface area contributed by atoms with Crippen LogP contribution in [0.4, 0.5) is 0 Å². The van der Waals surface area contributed by atoms with Gasteiger partial charge in [0.1, 0.15) is 0 Å². The molecular weight excluding hydrogens is 240 g/mol. The minimum atomic E-state index is -0.192. The van der Waals surface area contributed by atoms with Gasteiger partial charge in [-0.1, -0.05) is 0 Å². The Morgan fingerprint density at radius 3 is 2.00 bits per heavy atom. The smallest absolute Gasteiger partial charge is 0.168 e. The van der Waals surface area contributed by atoms with Gasteiger partial charge in [-0.2, -0.15) is 0 Å². The number of thioether (sulfide) groups is 2. The van der Waals surface area contributed by atoms with Crippen LogP contribution in [0.1, 0.15) is 38.5 Å². The van der Waals surface area contributed by atoms with Crippen LogP contribution in [0.25, 0.3) is 0 Å². The van der Waals surface area contributed by atoms with Crippen molar-refractivity contribution >= 4 is 23.5 Å². The molecule has 1 aliphatic carbocycles. The number of hydrogen-bond acceptors (Lipinski definition) is 4. The minimum absolute atomic E-state index is 0.192. The molecule has 3 aliphatic rings. The van der Waals surface area contributed by atoms with E-state index in [0.717, 1.165) is 32.5 Å². The second-order valence-corrected chi connectivity index (χ2v) is 8.14. The van der Waals surface area contributed by atoms with Crippen LogP contribution in [0.2, 0.25) is 0 Å². The lowest BCUT2D eigenvalue weighted by molar-refractivity contribution is -0.279. The molecule has 0 aromatic heterocycles. The molecule has 2 saturated heterocycles. The highest BCUT2D eigenvalue weighted by molar-refractivity contribution is 8.18. The normalized spacial score (nSPS) is 33.0. The van der Waals surface area contributed by atoms with Crippen molar-refractivity contribution in [2.24, 2.45) is 0 Å². The predicted molar refractivity (Wildman–Crippen MR) is 70.0 cm³/mol. The maximum atomic E-state index is 5.90. The second-order valence-electron chi connectivity index (χ2n) is 4.92. The predicted octanol–water partition coefficient (Wildman–Crippen LogP) is 3.26. The number of hydrogen-bond donors (Lipinski definition) is 0. The van der Waals surface area contributed by atoms with Gasteiger partial charge in [-0.3, -0.25) is 0 Å². The van der Waals surface area contributed by atoms with Gasteiger partial charge in [-0.15, -0.1) is 23.5 Å². The van der Waals surface area contributed by atoms with Crippen molar-refractivity contribution < 1.29 is 9.47 Å². The summed E-state index contributed by atoms with van der Waals surface area (Å²) in [5, 5.41) is 0. The monoisotopic (exact) mass is 260 g/mol. The Kier molecular flexibility index (Phi) is 3.44. The molecule has 2 aliphatic heterocycles. The Balaban J connectivity index is 1.61. The summed E-state index contributed by atoms with van der Waals surface area (Å²) in [5.74, 6) is 2.51. The molecule has 0 unspecified atom stereocenters. The standard InChI is InChI=1S/C12H20O2S2/c1-7-13-11(14-8-1)3-5-12(6-4-11)15-9-2-10-16-12/h1-10H2. The largest absolute Gasteiger partial charge is 0.350 e. The molecule has 0 radical (unpaired) electrons. The minimum Gasteiger partial charge on any atom is -0.350 e. The molecule has 4 heteroatoms. The van der Waals surface area contributed by atoms with Crippen molar-refractivity contribution in [2.45, 2.75) is 48.4 Å². The zero-order chi connectivity index (χ0) is 10.9. The zero-order valence-electron chi connectivity index (χ0n) is 9.70. The molecule has 3 fully saturated rings. The summed E-state index contributed by atoms with van der Waals surface area (Å²) in [5.41, 5.74) is 0. The van der Waals surface area contributed by atoms with Gasteiger partial charge in [0.05, 0.1) is 17.3 Å². The summed E-state index contributed by atoms with van der Waals surface area (Å²) in [6.07, 6.45) is 7.19. The third-order valence-corrected chi connectivity index (χ3v) is 7.37. The van der Waals surface area contributed by atoms with E-state index in [1.165, 1.54) is 30.8 Å². The molecule has 0 atom stereocenters. The van der Waals surface area contributed by atoms with E-state index in [-0.39, 0.29) is 5.79 Å². The highest BCUT2D eigenvalue weighted by Crippen LogP contribution is 2.54. The fraction of sp³-hybridized carbons (Fsp3) is 1.00. The molecule has 0 aromatic carbocycles. The van der Waals surface area contributed by atoms with Gasteiger partial charge in [-0.05, 0) is 37.2 Å². The molecule has 0 bridgehead atoms. The number of rotatable bonds is 0. The Labute approximate surface area is 106 Å². The van der Waals surface area contributed by atoms with Crippen molar-refractivity contribution in [3.8, 4) is 0 Å². The van der Waals surface area contributed by atoms with Gasteiger partial charge in [0.15, 0.2) is 5.79 Å². The highest BCUT2D eigenvalue weighted by atomic mass is 32.2. The highest BCUT2D eigenvalue weighted by Gasteiger charge is 2.46. The van der Waals surface area contributed by atoms with Crippen LogP contribution in [-0.4, -0.2) is 34.6 Å². The molecule has 2 spiro atoms. The van der Waals surface area contributed by atoms with Crippen molar-refractivity contribution in [3.05, 3.63) is 0 Å². The lowest BCUT2D eigenvalue weighted by atomic mass is 9.92. The van der Waals surface area contributed by atoms with Crippen molar-refractivity contribution in [1.82, 2.24) is 0 Å². The summed E-state index contributed by atoms with van der Waals surface area (Å²) in [6.45, 7) is 1.79. The molecular formula is C12H20O2S2. The van der Waals surface area contributed by atoms with Gasteiger partial charge in [-0.25, -0.2) is 0 Å². The average molecular weight is 260 g/mol. The van der Waals surface area contributed by atoms with Crippen LogP contribution in [-0.2, 0) is 9.47 Å². The summed E-state index contributed by atoms with van der Waals surface area (Å²) in [7, 11) is 0. The molecule has 0 aromatic rings. The van der Waals surface area contributed by atoms with Crippen LogP contribution >= 0.6 is 23.5 Å². The summed E-state index contributed by atoms with van der Waals surface area (Å²) < 4.78 is 12.3. The maximum Gasteiger partial charge on any atom is 0.168 e. The third kappa shape index (κ3) is 2.26. The molecule has 16 heavy (non-hydrogen) atoms. The van der Waals surface area contributed by atoms with Crippen molar-refractivity contribution in [3.63, 3.8) is 0 Å². The van der Waals surface area contributed by atoms with Crippen LogP contribution in [0, 0.1) is 0 Å². The average Bonchev–Trinajstić information content (AvgIpc) is 2.36. The van der Waals surface area contributed by atoms with E-state index < -0.39 is 0 Å². The molecule has 0 amide bonds. The van der Waals surface area contributed by atoms with Gasteiger partial charge in [0.2, 0.25) is 0 Å².